The lowest BCUT2D eigenvalue weighted by atomic mass is 9.93. The highest BCUT2D eigenvalue weighted by molar-refractivity contribution is 8.14. The third-order valence-electron chi connectivity index (χ3n) is 7.50. The fraction of sp³-hybridized carbons (Fsp3) is 0.312. The van der Waals surface area contributed by atoms with E-state index in [1.807, 2.05) is 56.9 Å². The molecule has 0 bridgehead atoms. The molecule has 0 spiro atoms. The van der Waals surface area contributed by atoms with Crippen LogP contribution in [0, 0.1) is 5.82 Å². The molecule has 13 heteroatoms. The van der Waals surface area contributed by atoms with Crippen LogP contribution in [0.25, 0.3) is 17.1 Å². The van der Waals surface area contributed by atoms with Crippen molar-refractivity contribution in [1.82, 2.24) is 20.1 Å². The highest BCUT2D eigenvalue weighted by Gasteiger charge is 2.31. The Morgan fingerprint density at radius 3 is 2.40 bits per heavy atom. The van der Waals surface area contributed by atoms with Crippen molar-refractivity contribution in [2.75, 3.05) is 17.2 Å². The Morgan fingerprint density at radius 1 is 1.02 bits per heavy atom. The topological polar surface area (TPSA) is 84.6 Å². The maximum atomic E-state index is 13.9. The van der Waals surface area contributed by atoms with Gasteiger partial charge < -0.3 is 15.0 Å². The van der Waals surface area contributed by atoms with Gasteiger partial charge in [0, 0.05) is 35.5 Å². The molecule has 1 aromatic heterocycles. The van der Waals surface area contributed by atoms with E-state index in [0.717, 1.165) is 28.1 Å². The summed E-state index contributed by atoms with van der Waals surface area (Å²) in [7, 11) is 0. The number of hydrogen-bond donors (Lipinski definition) is 1. The van der Waals surface area contributed by atoms with Gasteiger partial charge in [-0.2, -0.15) is 4.99 Å². The molecule has 8 nitrogen and oxygen atoms in total. The van der Waals surface area contributed by atoms with E-state index in [9.17, 15) is 22.4 Å². The number of aliphatic imine (C=N–C) groups is 1. The molecule has 2 amide bonds. The summed E-state index contributed by atoms with van der Waals surface area (Å²) in [5.74, 6) is 0.677. The van der Waals surface area contributed by atoms with Gasteiger partial charge in [-0.3, -0.25) is 0 Å². The summed E-state index contributed by atoms with van der Waals surface area (Å²) in [6, 6.07) is 17.0. The Morgan fingerprint density at radius 2 is 1.73 bits per heavy atom. The number of ether oxygens (including phenoxy) is 1. The van der Waals surface area contributed by atoms with Gasteiger partial charge in [0.05, 0.1) is 5.69 Å². The van der Waals surface area contributed by atoms with Gasteiger partial charge in [-0.05, 0) is 66.4 Å². The summed E-state index contributed by atoms with van der Waals surface area (Å²) in [5, 5.41) is 8.01. The van der Waals surface area contributed by atoms with Crippen molar-refractivity contribution in [2.24, 2.45) is 4.99 Å². The second-order valence-corrected chi connectivity index (χ2v) is 12.0. The van der Waals surface area contributed by atoms with Gasteiger partial charge in [0.1, 0.15) is 17.9 Å². The summed E-state index contributed by atoms with van der Waals surface area (Å²) >= 11 is 1.49. The van der Waals surface area contributed by atoms with Crippen molar-refractivity contribution >= 4 is 28.6 Å². The van der Waals surface area contributed by atoms with E-state index in [4.69, 9.17) is 0 Å². The average molecular weight is 641 g/mol. The number of alkyl halides is 3. The number of carbonyl (C=O) groups excluding carboxylic acids is 1. The number of aromatic nitrogens is 3. The van der Waals surface area contributed by atoms with Crippen LogP contribution in [-0.4, -0.2) is 50.7 Å². The number of thioether (sulfide) groups is 1. The van der Waals surface area contributed by atoms with E-state index >= 15 is 0 Å². The molecule has 4 aromatic rings. The molecule has 0 aliphatic carbocycles. The molecule has 0 saturated carbocycles. The first-order valence-electron chi connectivity index (χ1n) is 14.3. The molecule has 1 fully saturated rings. The number of nitrogens with zero attached hydrogens (tertiary/aromatic N) is 5. The summed E-state index contributed by atoms with van der Waals surface area (Å²) in [5.41, 5.74) is 4.00. The normalized spacial score (nSPS) is 15.8. The first-order valence-corrected chi connectivity index (χ1v) is 15.3. The van der Waals surface area contributed by atoms with Gasteiger partial charge in [0.15, 0.2) is 11.0 Å². The van der Waals surface area contributed by atoms with Crippen LogP contribution in [0.5, 0.6) is 5.75 Å². The molecule has 5 rings (SSSR count). The van der Waals surface area contributed by atoms with Crippen molar-refractivity contribution in [3.05, 3.63) is 90.0 Å². The lowest BCUT2D eigenvalue weighted by Crippen LogP contribution is -2.36. The SMILES string of the molecule is CC(C)c1cc(F)ccc1N1CCS/C1=N\C(=O)NC(C)C(C)c1ccc(-c2ncn(-c3ccc(OC(F)(F)F)cc3)n2)cc1. The second-order valence-electron chi connectivity index (χ2n) is 11.0. The number of urea groups is 1. The van der Waals surface area contributed by atoms with E-state index < -0.39 is 12.4 Å². The van der Waals surface area contributed by atoms with Crippen LogP contribution in [0.2, 0.25) is 0 Å². The lowest BCUT2D eigenvalue weighted by molar-refractivity contribution is -0.274. The van der Waals surface area contributed by atoms with Crippen LogP contribution in [0.1, 0.15) is 50.7 Å². The van der Waals surface area contributed by atoms with E-state index in [1.165, 1.54) is 59.2 Å². The molecule has 1 N–H and O–H groups in total. The maximum absolute atomic E-state index is 13.9. The number of carbonyl (C=O) groups is 1. The second kappa shape index (κ2) is 13.3. The van der Waals surface area contributed by atoms with Crippen molar-refractivity contribution in [1.29, 1.82) is 0 Å². The van der Waals surface area contributed by atoms with Crippen LogP contribution in [0.15, 0.2) is 78.0 Å². The number of hydrogen-bond acceptors (Lipinski definition) is 5. The number of nitrogens with one attached hydrogen (secondary N) is 1. The Bertz CT molecular complexity index is 1670. The summed E-state index contributed by atoms with van der Waals surface area (Å²) < 4.78 is 56.6. The predicted octanol–water partition coefficient (Wildman–Crippen LogP) is 7.91. The molecule has 1 aliphatic rings. The highest BCUT2D eigenvalue weighted by Crippen LogP contribution is 2.33. The molecule has 45 heavy (non-hydrogen) atoms. The number of benzene rings is 3. The van der Waals surface area contributed by atoms with E-state index in [1.54, 1.807) is 6.07 Å². The largest absolute Gasteiger partial charge is 0.573 e. The van der Waals surface area contributed by atoms with Crippen molar-refractivity contribution in [2.45, 2.75) is 51.9 Å². The van der Waals surface area contributed by atoms with Crippen LogP contribution in [0.3, 0.4) is 0 Å². The fourth-order valence-electron chi connectivity index (χ4n) is 4.94. The quantitative estimate of drug-likeness (QED) is 0.197. The smallest absolute Gasteiger partial charge is 0.406 e. The van der Waals surface area contributed by atoms with Gasteiger partial charge >= 0.3 is 12.4 Å². The number of amides is 2. The molecular weight excluding hydrogens is 608 g/mol. The van der Waals surface area contributed by atoms with Gasteiger partial charge in [-0.1, -0.05) is 56.8 Å². The first kappa shape index (κ1) is 32.0. The average Bonchev–Trinajstić information content (AvgIpc) is 3.67. The van der Waals surface area contributed by atoms with Crippen LogP contribution in [-0.2, 0) is 0 Å². The van der Waals surface area contributed by atoms with E-state index in [0.29, 0.717) is 23.2 Å². The highest BCUT2D eigenvalue weighted by atomic mass is 32.2. The molecule has 2 unspecified atom stereocenters. The predicted molar refractivity (Wildman–Crippen MR) is 168 cm³/mol. The third kappa shape index (κ3) is 7.83. The Kier molecular flexibility index (Phi) is 9.47. The fourth-order valence-corrected chi connectivity index (χ4v) is 5.88. The number of anilines is 1. The molecule has 2 atom stereocenters. The van der Waals surface area contributed by atoms with Gasteiger partial charge in [0.25, 0.3) is 0 Å². The molecule has 2 heterocycles. The zero-order valence-electron chi connectivity index (χ0n) is 25.0. The molecule has 1 aliphatic heterocycles. The third-order valence-corrected chi connectivity index (χ3v) is 8.46. The van der Waals surface area contributed by atoms with Gasteiger partial charge in [-0.25, -0.2) is 18.9 Å². The standard InChI is InChI=1S/C32H32F4N6O2S/c1-19(2)27-17-24(33)9-14-28(27)41-15-16-45-31(41)39-30(43)38-21(4)20(3)22-5-7-23(8-6-22)29-37-18-42(40-29)25-10-12-26(13-11-25)44-32(34,35)36/h5-14,17-21H,15-16H2,1-4H3,(H,38,43)/b39-31-. The molecule has 0 radical (unpaired) electrons. The lowest BCUT2D eigenvalue weighted by Gasteiger charge is -2.24. The monoisotopic (exact) mass is 640 g/mol. The minimum absolute atomic E-state index is 0.0388. The zero-order chi connectivity index (χ0) is 32.3. The Labute approximate surface area is 262 Å². The summed E-state index contributed by atoms with van der Waals surface area (Å²) in [4.78, 5) is 23.6. The number of halogens is 4. The van der Waals surface area contributed by atoms with Crippen LogP contribution >= 0.6 is 11.8 Å². The maximum Gasteiger partial charge on any atom is 0.573 e. The Hall–Kier alpha value is -4.39. The minimum atomic E-state index is -4.76. The molecule has 3 aromatic carbocycles. The minimum Gasteiger partial charge on any atom is -0.406 e. The van der Waals surface area contributed by atoms with Gasteiger partial charge in [0.2, 0.25) is 0 Å². The van der Waals surface area contributed by atoms with Crippen molar-refractivity contribution in [3.8, 4) is 22.8 Å². The van der Waals surface area contributed by atoms with Crippen LogP contribution < -0.4 is 15.0 Å². The molecular formula is C32H32F4N6O2S. The van der Waals surface area contributed by atoms with Gasteiger partial charge in [-0.15, -0.1) is 18.3 Å². The summed E-state index contributed by atoms with van der Waals surface area (Å²) in [6.45, 7) is 8.62. The molecule has 1 saturated heterocycles. The first-order chi connectivity index (χ1) is 21.4. The van der Waals surface area contributed by atoms with Crippen molar-refractivity contribution < 1.29 is 27.1 Å². The Balaban J connectivity index is 1.22. The van der Waals surface area contributed by atoms with Crippen LogP contribution in [0.4, 0.5) is 28.0 Å². The zero-order valence-corrected chi connectivity index (χ0v) is 25.9. The number of amidine groups is 1. The van der Waals surface area contributed by atoms with E-state index in [-0.39, 0.29) is 29.4 Å². The number of rotatable bonds is 8. The summed E-state index contributed by atoms with van der Waals surface area (Å²) in [6.07, 6.45) is -3.28. The molecule has 236 valence electrons. The van der Waals surface area contributed by atoms with Crippen molar-refractivity contribution in [3.63, 3.8) is 0 Å². The van der Waals surface area contributed by atoms with E-state index in [2.05, 4.69) is 25.1 Å².